The molecule has 0 aliphatic rings. The standard InChI is InChI=1S/C21H28N5O4.3C4H9.Sn/c1-14-18(19-16(29-5)8-7-9-17(19)30-6)20-22-15(2)23-21(26(20)24-14)25(10-12-27-3)11-13-28-4;3*1-3-4-2;/h8-9H,10-13H2,1-6H3;3*1,3-4H2,2H3;. The number of anilines is 1. The minimum absolute atomic E-state index is 0.562. The molecule has 0 atom stereocenters. The van der Waals surface area contributed by atoms with Gasteiger partial charge in [-0.1, -0.05) is 0 Å². The van der Waals surface area contributed by atoms with Crippen molar-refractivity contribution in [1.29, 1.82) is 0 Å². The fourth-order valence-electron chi connectivity index (χ4n) is 6.16. The first-order valence-corrected chi connectivity index (χ1v) is 23.6. The van der Waals surface area contributed by atoms with Gasteiger partial charge in [0, 0.05) is 14.2 Å². The Kier molecular flexibility index (Phi) is 14.3. The first kappa shape index (κ1) is 35.4. The van der Waals surface area contributed by atoms with Gasteiger partial charge in [-0.3, -0.25) is 0 Å². The fraction of sp³-hybridized carbons (Fsp3) is 0.667. The maximum atomic E-state index is 6.21. The van der Waals surface area contributed by atoms with Gasteiger partial charge in [-0.15, -0.1) is 0 Å². The van der Waals surface area contributed by atoms with Crippen molar-refractivity contribution in [3.63, 3.8) is 0 Å². The number of fused-ring (bicyclic) bond motifs is 1. The predicted molar refractivity (Wildman–Crippen MR) is 179 cm³/mol. The third-order valence-electron chi connectivity index (χ3n) is 8.56. The monoisotopic (exact) mass is 705 g/mol. The third-order valence-corrected chi connectivity index (χ3v) is 24.1. The van der Waals surface area contributed by atoms with Crippen LogP contribution in [0.4, 0.5) is 5.95 Å². The normalized spacial score (nSPS) is 11.8. The Balaban J connectivity index is 2.28. The van der Waals surface area contributed by atoms with Crippen LogP contribution in [0, 0.1) is 13.8 Å². The molecule has 2 heterocycles. The van der Waals surface area contributed by atoms with Crippen molar-refractivity contribution in [1.82, 2.24) is 19.6 Å². The minimum atomic E-state index is -2.77. The molecule has 0 saturated heterocycles. The maximum absolute atomic E-state index is 6.21. The van der Waals surface area contributed by atoms with E-state index in [1.165, 1.54) is 55.4 Å². The van der Waals surface area contributed by atoms with Crippen LogP contribution >= 0.6 is 0 Å². The van der Waals surface area contributed by atoms with Crippen LogP contribution in [0.1, 0.15) is 70.8 Å². The molecule has 0 N–H and O–H groups in total. The van der Waals surface area contributed by atoms with Crippen LogP contribution < -0.4 is 18.0 Å². The molecule has 10 heteroatoms. The quantitative estimate of drug-likeness (QED) is 0.122. The van der Waals surface area contributed by atoms with Gasteiger partial charge in [0.25, 0.3) is 0 Å². The molecule has 0 amide bonds. The average molecular weight is 705 g/mol. The Hall–Kier alpha value is -2.11. The number of rotatable bonds is 20. The molecule has 3 rings (SSSR count). The summed E-state index contributed by atoms with van der Waals surface area (Å²) < 4.78 is 30.7. The number of unbranched alkanes of at least 4 members (excludes halogenated alkanes) is 3. The summed E-state index contributed by atoms with van der Waals surface area (Å²) in [5.74, 6) is 3.07. The van der Waals surface area contributed by atoms with Gasteiger partial charge < -0.3 is 0 Å². The molecule has 9 nitrogen and oxygen atoms in total. The van der Waals surface area contributed by atoms with E-state index in [0.717, 1.165) is 39.9 Å². The molecule has 3 aromatic rings. The first-order chi connectivity index (χ1) is 20.8. The van der Waals surface area contributed by atoms with Gasteiger partial charge >= 0.3 is 250 Å². The summed E-state index contributed by atoms with van der Waals surface area (Å²) in [6.45, 7) is 13.3. The van der Waals surface area contributed by atoms with Gasteiger partial charge in [0.1, 0.15) is 0 Å². The van der Waals surface area contributed by atoms with Crippen molar-refractivity contribution in [3.8, 4) is 22.6 Å². The molecule has 0 fully saturated rings. The third kappa shape index (κ3) is 8.33. The number of aryl methyl sites for hydroxylation is 2. The zero-order chi connectivity index (χ0) is 31.4. The Morgan fingerprint density at radius 3 is 1.70 bits per heavy atom. The van der Waals surface area contributed by atoms with Crippen molar-refractivity contribution in [2.24, 2.45) is 0 Å². The molecular weight excluding hydrogens is 649 g/mol. The van der Waals surface area contributed by atoms with Gasteiger partial charge in [-0.25, -0.2) is 0 Å². The summed E-state index contributed by atoms with van der Waals surface area (Å²) in [5, 5.41) is 4.98. The van der Waals surface area contributed by atoms with Crippen molar-refractivity contribution < 1.29 is 18.9 Å². The zero-order valence-corrected chi connectivity index (χ0v) is 31.1. The number of ether oxygens (including phenoxy) is 4. The molecule has 0 saturated carbocycles. The SMILES string of the molecule is CCC[CH2][Sn]([CH2]CCC)([CH2]CCC)[c]1cc(OC)c(-c2c(C)nn3c(N(CCOC)CCOC)nc(C)nc23)c(OC)c1. The fourth-order valence-corrected chi connectivity index (χ4v) is 22.1. The van der Waals surface area contributed by atoms with E-state index in [9.17, 15) is 0 Å². The second-order valence-corrected chi connectivity index (χ2v) is 24.8. The van der Waals surface area contributed by atoms with E-state index in [4.69, 9.17) is 34.0 Å². The van der Waals surface area contributed by atoms with Crippen LogP contribution in [0.25, 0.3) is 16.8 Å². The number of nitrogens with zero attached hydrogens (tertiary/aromatic N) is 5. The van der Waals surface area contributed by atoms with E-state index in [2.05, 4.69) is 37.8 Å². The molecule has 0 bridgehead atoms. The van der Waals surface area contributed by atoms with Crippen molar-refractivity contribution in [3.05, 3.63) is 23.7 Å². The Morgan fingerprint density at radius 1 is 0.744 bits per heavy atom. The second kappa shape index (κ2) is 17.4. The number of benzene rings is 1. The molecule has 43 heavy (non-hydrogen) atoms. The summed E-state index contributed by atoms with van der Waals surface area (Å²) in [7, 11) is 6.96. The Morgan fingerprint density at radius 2 is 1.26 bits per heavy atom. The van der Waals surface area contributed by atoms with E-state index < -0.39 is 18.4 Å². The molecule has 240 valence electrons. The first-order valence-electron chi connectivity index (χ1n) is 16.1. The number of methoxy groups -OCH3 is 4. The van der Waals surface area contributed by atoms with Crippen molar-refractivity contribution >= 4 is 33.6 Å². The van der Waals surface area contributed by atoms with E-state index in [1.54, 1.807) is 28.4 Å². The van der Waals surface area contributed by atoms with E-state index in [-0.39, 0.29) is 0 Å². The summed E-state index contributed by atoms with van der Waals surface area (Å²) in [6.07, 6.45) is 7.59. The van der Waals surface area contributed by atoms with Crippen LogP contribution in [0.2, 0.25) is 13.3 Å². The molecule has 0 spiro atoms. The van der Waals surface area contributed by atoms with Crippen LogP contribution in [0.5, 0.6) is 11.5 Å². The summed E-state index contributed by atoms with van der Waals surface area (Å²) in [6, 6.07) is 4.71. The van der Waals surface area contributed by atoms with Gasteiger partial charge in [-0.05, 0) is 0 Å². The van der Waals surface area contributed by atoms with Gasteiger partial charge in [0.15, 0.2) is 0 Å². The predicted octanol–water partition coefficient (Wildman–Crippen LogP) is 6.58. The number of aromatic nitrogens is 4. The topological polar surface area (TPSA) is 83.2 Å². The van der Waals surface area contributed by atoms with E-state index >= 15 is 0 Å². The zero-order valence-electron chi connectivity index (χ0n) is 28.2. The Labute approximate surface area is 263 Å². The number of hydrogen-bond acceptors (Lipinski definition) is 8. The molecule has 0 aliphatic heterocycles. The second-order valence-electron chi connectivity index (χ2n) is 11.6. The average Bonchev–Trinajstić information content (AvgIpc) is 3.34. The van der Waals surface area contributed by atoms with Gasteiger partial charge in [-0.2, -0.15) is 0 Å². The molecule has 0 radical (unpaired) electrons. The van der Waals surface area contributed by atoms with E-state index in [1.807, 2.05) is 18.4 Å². The van der Waals surface area contributed by atoms with Crippen LogP contribution in [-0.2, 0) is 9.47 Å². The molecule has 0 aliphatic carbocycles. The summed E-state index contributed by atoms with van der Waals surface area (Å²) >= 11 is -2.77. The summed E-state index contributed by atoms with van der Waals surface area (Å²) in [5.41, 5.74) is 3.41. The van der Waals surface area contributed by atoms with E-state index in [0.29, 0.717) is 32.1 Å². The van der Waals surface area contributed by atoms with Crippen LogP contribution in [0.3, 0.4) is 0 Å². The Bertz CT molecular complexity index is 1240. The molecule has 1 aromatic carbocycles. The van der Waals surface area contributed by atoms with Crippen LogP contribution in [0.15, 0.2) is 12.1 Å². The van der Waals surface area contributed by atoms with Gasteiger partial charge in [0.2, 0.25) is 0 Å². The molecular formula is C33H55N5O4Sn. The van der Waals surface area contributed by atoms with Crippen LogP contribution in [-0.4, -0.2) is 92.7 Å². The molecule has 2 aromatic heterocycles. The van der Waals surface area contributed by atoms with Crippen molar-refractivity contribution in [2.75, 3.05) is 59.6 Å². The van der Waals surface area contributed by atoms with Gasteiger partial charge in [0.05, 0.1) is 0 Å². The van der Waals surface area contributed by atoms with Crippen molar-refractivity contribution in [2.45, 2.75) is 86.5 Å². The molecule has 0 unspecified atom stereocenters. The number of hydrogen-bond donors (Lipinski definition) is 0. The summed E-state index contributed by atoms with van der Waals surface area (Å²) in [4.78, 5) is 11.9.